The summed E-state index contributed by atoms with van der Waals surface area (Å²) in [4.78, 5) is 22.5. The lowest BCUT2D eigenvalue weighted by Crippen LogP contribution is -2.42. The average molecular weight is 560 g/mol. The molecule has 0 aliphatic heterocycles. The maximum Gasteiger partial charge on any atom is 0.416 e. The van der Waals surface area contributed by atoms with Crippen molar-refractivity contribution < 1.29 is 39.6 Å². The third-order valence-corrected chi connectivity index (χ3v) is 6.84. The van der Waals surface area contributed by atoms with Gasteiger partial charge in [-0.3, -0.25) is 9.69 Å². The van der Waals surface area contributed by atoms with E-state index in [4.69, 9.17) is 0 Å². The highest BCUT2D eigenvalue weighted by atomic mass is 32.2. The molecule has 3 rings (SSSR count). The van der Waals surface area contributed by atoms with E-state index in [1.807, 2.05) is 0 Å². The number of amides is 1. The Bertz CT molecular complexity index is 1470. The molecule has 204 valence electrons. The molecule has 0 radical (unpaired) electrons. The van der Waals surface area contributed by atoms with E-state index in [1.165, 1.54) is 27.1 Å². The maximum atomic E-state index is 13.7. The van der Waals surface area contributed by atoms with Crippen LogP contribution in [-0.4, -0.2) is 37.6 Å². The van der Waals surface area contributed by atoms with Gasteiger partial charge in [0, 0.05) is 25.1 Å². The normalized spacial score (nSPS) is 12.9. The number of halogens is 6. The maximum absolute atomic E-state index is 13.7. The van der Waals surface area contributed by atoms with Gasteiger partial charge in [0.15, 0.2) is 0 Å². The minimum Gasteiger partial charge on any atom is -0.299 e. The van der Waals surface area contributed by atoms with Gasteiger partial charge in [-0.1, -0.05) is 24.3 Å². The second-order valence-corrected chi connectivity index (χ2v) is 11.2. The predicted molar refractivity (Wildman–Crippen MR) is 128 cm³/mol. The molecule has 6 nitrogen and oxygen atoms in total. The highest BCUT2D eigenvalue weighted by molar-refractivity contribution is 7.90. The molecule has 1 heterocycles. The molecule has 0 bridgehead atoms. The first-order valence-electron chi connectivity index (χ1n) is 11.0. The number of likely N-dealkylation sites (N-methyl/N-ethyl adjacent to an activating group) is 1. The van der Waals surface area contributed by atoms with Crippen LogP contribution in [0.2, 0.25) is 0 Å². The first-order chi connectivity index (χ1) is 17.2. The number of aromatic nitrogens is 2. The van der Waals surface area contributed by atoms with Crippen LogP contribution in [0.15, 0.2) is 53.8 Å². The van der Waals surface area contributed by atoms with Crippen LogP contribution in [0, 0.1) is 6.92 Å². The number of anilines is 1. The molecule has 1 aromatic heterocycles. The third-order valence-electron chi connectivity index (χ3n) is 5.98. The number of nitrogens with zero attached hydrogens (tertiary/aromatic N) is 3. The lowest BCUT2D eigenvalue weighted by molar-refractivity contribution is -0.143. The van der Waals surface area contributed by atoms with Crippen molar-refractivity contribution in [2.24, 2.45) is 0 Å². The van der Waals surface area contributed by atoms with Gasteiger partial charge >= 0.3 is 12.4 Å². The summed E-state index contributed by atoms with van der Waals surface area (Å²) in [7, 11) is -2.73. The Hall–Kier alpha value is -3.48. The Morgan fingerprint density at radius 3 is 1.84 bits per heavy atom. The van der Waals surface area contributed by atoms with Crippen molar-refractivity contribution in [3.05, 3.63) is 70.9 Å². The number of hydrogen-bond acceptors (Lipinski definition) is 5. The number of benzene rings is 2. The smallest absolute Gasteiger partial charge is 0.299 e. The number of hydrogen-bond donors (Lipinski definition) is 0. The van der Waals surface area contributed by atoms with Crippen LogP contribution < -0.4 is 4.90 Å². The zero-order valence-corrected chi connectivity index (χ0v) is 21.7. The zero-order chi connectivity index (χ0) is 28.8. The number of sulfone groups is 1. The van der Waals surface area contributed by atoms with Gasteiger partial charge in [-0.2, -0.15) is 31.3 Å². The van der Waals surface area contributed by atoms with Gasteiger partial charge in [0.25, 0.3) is 0 Å². The Balaban J connectivity index is 2.22. The largest absolute Gasteiger partial charge is 0.416 e. The third kappa shape index (κ3) is 5.82. The quantitative estimate of drug-likeness (QED) is 0.290. The van der Waals surface area contributed by atoms with Crippen molar-refractivity contribution in [3.8, 4) is 11.1 Å². The monoisotopic (exact) mass is 559 g/mol. The first kappa shape index (κ1) is 29.1. The summed E-state index contributed by atoms with van der Waals surface area (Å²) in [5.41, 5.74) is -4.08. The fraction of sp³-hybridized carbons (Fsp3) is 0.320. The van der Waals surface area contributed by atoms with Crippen molar-refractivity contribution in [2.45, 2.75) is 43.7 Å². The van der Waals surface area contributed by atoms with Crippen LogP contribution in [0.3, 0.4) is 0 Å². The SMILES string of the molecule is Cc1ccccc1-c1cnc(S(C)(=O)=O)nc1N(C)C(=O)C(C)(C)c1cc(C(F)(F)F)cc(C(F)(F)F)c1. The average Bonchev–Trinajstić information content (AvgIpc) is 2.81. The summed E-state index contributed by atoms with van der Waals surface area (Å²) < 4.78 is 105. The number of carbonyl (C=O) groups is 1. The van der Waals surface area contributed by atoms with Crippen LogP contribution in [0.5, 0.6) is 0 Å². The Morgan fingerprint density at radius 1 is 0.868 bits per heavy atom. The molecule has 0 aliphatic rings. The summed E-state index contributed by atoms with van der Waals surface area (Å²) in [5, 5.41) is -0.610. The molecular weight excluding hydrogens is 536 g/mol. The van der Waals surface area contributed by atoms with E-state index in [1.54, 1.807) is 31.2 Å². The van der Waals surface area contributed by atoms with Gasteiger partial charge in [0.2, 0.25) is 20.9 Å². The Kier molecular flexibility index (Phi) is 7.41. The summed E-state index contributed by atoms with van der Waals surface area (Å²) in [5.74, 6) is -1.12. The minimum atomic E-state index is -5.10. The van der Waals surface area contributed by atoms with E-state index in [-0.39, 0.29) is 17.4 Å². The molecule has 0 saturated heterocycles. The van der Waals surface area contributed by atoms with Gasteiger partial charge in [-0.25, -0.2) is 13.4 Å². The van der Waals surface area contributed by atoms with E-state index >= 15 is 0 Å². The highest BCUT2D eigenvalue weighted by Gasteiger charge is 2.41. The van der Waals surface area contributed by atoms with Crippen LogP contribution in [0.1, 0.15) is 36.1 Å². The van der Waals surface area contributed by atoms with E-state index in [2.05, 4.69) is 9.97 Å². The summed E-state index contributed by atoms with van der Waals surface area (Å²) in [6.07, 6.45) is -8.15. The molecule has 0 spiro atoms. The lowest BCUT2D eigenvalue weighted by Gasteiger charge is -2.31. The Labute approximate surface area is 215 Å². The van der Waals surface area contributed by atoms with Crippen molar-refractivity contribution >= 4 is 21.6 Å². The van der Waals surface area contributed by atoms with Crippen LogP contribution >= 0.6 is 0 Å². The second-order valence-electron chi connectivity index (χ2n) is 9.26. The fourth-order valence-corrected chi connectivity index (χ4v) is 4.31. The van der Waals surface area contributed by atoms with Crippen molar-refractivity contribution in [2.75, 3.05) is 18.2 Å². The predicted octanol–water partition coefficient (Wildman–Crippen LogP) is 5.83. The standard InChI is InChI=1S/C25H23F6N3O3S/c1-14-8-6-7-9-18(14)19-13-32-22(38(5,36)37)33-20(19)34(4)21(35)23(2,3)15-10-16(24(26,27)28)12-17(11-15)25(29,30)31/h6-13H,1-5H3. The molecule has 0 fully saturated rings. The minimum absolute atomic E-state index is 0.0210. The number of aryl methyl sites for hydroxylation is 1. The molecule has 0 aliphatic carbocycles. The van der Waals surface area contributed by atoms with Crippen LogP contribution in [0.4, 0.5) is 32.2 Å². The van der Waals surface area contributed by atoms with Crippen molar-refractivity contribution in [3.63, 3.8) is 0 Å². The first-order valence-corrected chi connectivity index (χ1v) is 12.8. The van der Waals surface area contributed by atoms with Gasteiger partial charge in [-0.05, 0) is 55.7 Å². The molecule has 1 amide bonds. The lowest BCUT2D eigenvalue weighted by atomic mass is 9.81. The molecular formula is C25H23F6N3O3S. The molecule has 0 saturated carbocycles. The number of carbonyl (C=O) groups excluding carboxylic acids is 1. The van der Waals surface area contributed by atoms with E-state index in [0.717, 1.165) is 16.7 Å². The summed E-state index contributed by atoms with van der Waals surface area (Å²) in [6, 6.07) is 7.81. The molecule has 3 aromatic rings. The highest BCUT2D eigenvalue weighted by Crippen LogP contribution is 2.40. The summed E-state index contributed by atoms with van der Waals surface area (Å²) >= 11 is 0. The number of rotatable bonds is 5. The molecule has 0 atom stereocenters. The Morgan fingerprint density at radius 2 is 1.37 bits per heavy atom. The van der Waals surface area contributed by atoms with Crippen LogP contribution in [0.25, 0.3) is 11.1 Å². The molecule has 0 N–H and O–H groups in total. The molecule has 13 heteroatoms. The van der Waals surface area contributed by atoms with Crippen LogP contribution in [-0.2, 0) is 32.4 Å². The van der Waals surface area contributed by atoms with E-state index in [9.17, 15) is 39.6 Å². The van der Waals surface area contributed by atoms with Gasteiger partial charge < -0.3 is 0 Å². The zero-order valence-electron chi connectivity index (χ0n) is 20.9. The molecule has 2 aromatic carbocycles. The van der Waals surface area contributed by atoms with Crippen molar-refractivity contribution in [1.82, 2.24) is 9.97 Å². The van der Waals surface area contributed by atoms with Gasteiger partial charge in [0.1, 0.15) is 5.82 Å². The fourth-order valence-electron chi connectivity index (χ4n) is 3.81. The molecule has 38 heavy (non-hydrogen) atoms. The molecule has 0 unspecified atom stereocenters. The van der Waals surface area contributed by atoms with Gasteiger partial charge in [0.05, 0.1) is 16.5 Å². The second kappa shape index (κ2) is 9.68. The topological polar surface area (TPSA) is 80.2 Å². The number of alkyl halides is 6. The van der Waals surface area contributed by atoms with E-state index in [0.29, 0.717) is 17.7 Å². The summed E-state index contributed by atoms with van der Waals surface area (Å²) in [6.45, 7) is 4.10. The van der Waals surface area contributed by atoms with E-state index < -0.39 is 55.4 Å². The van der Waals surface area contributed by atoms with Crippen molar-refractivity contribution in [1.29, 1.82) is 0 Å². The van der Waals surface area contributed by atoms with Gasteiger partial charge in [-0.15, -0.1) is 0 Å².